The van der Waals surface area contributed by atoms with Gasteiger partial charge >= 0.3 is 0 Å². The van der Waals surface area contributed by atoms with E-state index in [4.69, 9.17) is 4.84 Å². The number of Topliss-reactive ketones (excluding diaryl/α,β-unsaturated/α-hetero) is 1. The van der Waals surface area contributed by atoms with Gasteiger partial charge in [-0.05, 0) is 86.5 Å². The maximum Gasteiger partial charge on any atom is 0.141 e. The van der Waals surface area contributed by atoms with Gasteiger partial charge < -0.3 is 10.2 Å². The number of oxime groups is 1. The smallest absolute Gasteiger partial charge is 0.141 e. The number of ketones is 1. The molecule has 8 atom stereocenters. The Balaban J connectivity index is 0.00000205. The Hall–Kier alpha value is -0.610. The van der Waals surface area contributed by atoms with Gasteiger partial charge in [0.05, 0.1) is 5.71 Å². The Morgan fingerprint density at radius 2 is 1.90 bits per heavy atom. The molecule has 1 N–H and O–H groups in total. The third-order valence-corrected chi connectivity index (χ3v) is 9.92. The Kier molecular flexibility index (Phi) is 5.83. The lowest BCUT2D eigenvalue weighted by atomic mass is 9.43. The topological polar surface area (TPSA) is 50.7 Å². The molecule has 4 nitrogen and oxygen atoms in total. The van der Waals surface area contributed by atoms with E-state index in [1.807, 2.05) is 0 Å². The Morgan fingerprint density at radius 1 is 1.07 bits per heavy atom. The summed E-state index contributed by atoms with van der Waals surface area (Å²) in [6, 6.07) is 0. The first kappa shape index (κ1) is 21.6. The van der Waals surface area contributed by atoms with Crippen LogP contribution in [0.3, 0.4) is 0 Å². The predicted octanol–water partition coefficient (Wildman–Crippen LogP) is 5.00. The van der Waals surface area contributed by atoms with Crippen LogP contribution in [0.4, 0.5) is 0 Å². The minimum atomic E-state index is -0.00543. The van der Waals surface area contributed by atoms with Crippen molar-refractivity contribution in [2.24, 2.45) is 45.6 Å². The van der Waals surface area contributed by atoms with Crippen molar-refractivity contribution in [1.29, 1.82) is 0 Å². The highest BCUT2D eigenvalue weighted by Crippen LogP contribution is 2.66. The summed E-state index contributed by atoms with van der Waals surface area (Å²) >= 11 is 0. The van der Waals surface area contributed by atoms with Crippen molar-refractivity contribution in [2.75, 3.05) is 13.1 Å². The Bertz CT molecular complexity index is 676. The van der Waals surface area contributed by atoms with E-state index in [1.165, 1.54) is 25.0 Å². The summed E-state index contributed by atoms with van der Waals surface area (Å²) in [5.41, 5.74) is 1.72. The van der Waals surface area contributed by atoms with Gasteiger partial charge in [-0.3, -0.25) is 4.79 Å². The van der Waals surface area contributed by atoms with E-state index in [0.717, 1.165) is 75.3 Å². The van der Waals surface area contributed by atoms with Gasteiger partial charge in [0.1, 0.15) is 11.9 Å². The summed E-state index contributed by atoms with van der Waals surface area (Å²) in [6.07, 6.45) is 10.5. The molecule has 1 heterocycles. The van der Waals surface area contributed by atoms with Crippen molar-refractivity contribution in [1.82, 2.24) is 5.32 Å². The lowest BCUT2D eigenvalue weighted by Gasteiger charge is -2.61. The quantitative estimate of drug-likeness (QED) is 0.637. The SMILES string of the molecule is C[C@H]1C[C@@H]2[C@H](CC[C@]3(C)C(=O)CC[C@@H]23)[C@@]2(C)CC/C(=N/O[C@@H]3CCNC3)CC12.Cl. The van der Waals surface area contributed by atoms with Crippen LogP contribution >= 0.6 is 12.4 Å². The minimum absolute atomic E-state index is 0. The van der Waals surface area contributed by atoms with Gasteiger partial charge in [-0.15, -0.1) is 12.4 Å². The van der Waals surface area contributed by atoms with Crippen molar-refractivity contribution in [3.63, 3.8) is 0 Å². The second-order valence-corrected chi connectivity index (χ2v) is 11.2. The average Bonchev–Trinajstić information content (AvgIpc) is 3.29. The third-order valence-electron chi connectivity index (χ3n) is 9.92. The average molecular weight is 423 g/mol. The second kappa shape index (κ2) is 7.82. The van der Waals surface area contributed by atoms with Gasteiger partial charge in [-0.2, -0.15) is 0 Å². The Labute approximate surface area is 182 Å². The van der Waals surface area contributed by atoms with Crippen LogP contribution in [0.15, 0.2) is 5.16 Å². The summed E-state index contributed by atoms with van der Waals surface area (Å²) < 4.78 is 0. The van der Waals surface area contributed by atoms with Gasteiger partial charge in [0.2, 0.25) is 0 Å². The molecular weight excluding hydrogens is 384 g/mol. The number of nitrogens with zero attached hydrogens (tertiary/aromatic N) is 1. The maximum absolute atomic E-state index is 12.6. The van der Waals surface area contributed by atoms with E-state index in [-0.39, 0.29) is 23.9 Å². The van der Waals surface area contributed by atoms with Crippen LogP contribution in [0.25, 0.3) is 0 Å². The first-order valence-corrected chi connectivity index (χ1v) is 11.9. The molecule has 1 aliphatic heterocycles. The molecule has 0 radical (unpaired) electrons. The fourth-order valence-corrected chi connectivity index (χ4v) is 8.25. The van der Waals surface area contributed by atoms with Crippen LogP contribution in [0.1, 0.15) is 78.6 Å². The number of hydrogen-bond acceptors (Lipinski definition) is 4. The third kappa shape index (κ3) is 3.37. The molecule has 5 fully saturated rings. The number of rotatable bonds is 2. The number of hydrogen-bond donors (Lipinski definition) is 1. The molecule has 5 aliphatic rings. The van der Waals surface area contributed by atoms with Crippen LogP contribution in [0.5, 0.6) is 0 Å². The molecule has 1 saturated heterocycles. The van der Waals surface area contributed by atoms with Crippen LogP contribution < -0.4 is 5.32 Å². The first-order valence-electron chi connectivity index (χ1n) is 11.9. The Morgan fingerprint density at radius 3 is 2.66 bits per heavy atom. The molecule has 1 unspecified atom stereocenters. The summed E-state index contributed by atoms with van der Waals surface area (Å²) in [5, 5.41) is 7.99. The van der Waals surface area contributed by atoms with Crippen molar-refractivity contribution < 1.29 is 9.63 Å². The number of halogens is 1. The van der Waals surface area contributed by atoms with E-state index in [2.05, 4.69) is 31.2 Å². The maximum atomic E-state index is 12.6. The van der Waals surface area contributed by atoms with Gasteiger partial charge in [-0.1, -0.05) is 25.9 Å². The first-order chi connectivity index (χ1) is 13.4. The van der Waals surface area contributed by atoms with Crippen LogP contribution in [0, 0.1) is 40.4 Å². The standard InChI is InChI=1S/C24H38N2O2.ClH/c1-15-12-18-19-4-5-22(27)24(19,3)10-7-20(18)23(2)9-6-16(13-21(15)23)26-28-17-8-11-25-14-17;/h15,17-21,25H,4-14H2,1-3H3;1H/b26-16-;/t15-,17+,18-,19-,20-,21?,23+,24-;/m0./s1. The molecule has 0 aromatic heterocycles. The van der Waals surface area contributed by atoms with E-state index in [1.54, 1.807) is 0 Å². The van der Waals surface area contributed by atoms with Gasteiger partial charge in [0, 0.05) is 24.8 Å². The summed E-state index contributed by atoms with van der Waals surface area (Å²) in [7, 11) is 0. The zero-order chi connectivity index (χ0) is 19.5. The summed E-state index contributed by atoms with van der Waals surface area (Å²) in [5.74, 6) is 4.23. The molecule has 4 saturated carbocycles. The van der Waals surface area contributed by atoms with Crippen LogP contribution in [-0.2, 0) is 9.63 Å². The van der Waals surface area contributed by atoms with Gasteiger partial charge in [-0.25, -0.2) is 0 Å². The molecule has 0 aromatic rings. The monoisotopic (exact) mass is 422 g/mol. The number of carbonyl (C=O) groups is 1. The molecule has 29 heavy (non-hydrogen) atoms. The highest BCUT2D eigenvalue weighted by atomic mass is 35.5. The van der Waals surface area contributed by atoms with E-state index < -0.39 is 0 Å². The fraction of sp³-hybridized carbons (Fsp3) is 0.917. The predicted molar refractivity (Wildman–Crippen MR) is 118 cm³/mol. The zero-order valence-electron chi connectivity index (χ0n) is 18.4. The highest BCUT2D eigenvalue weighted by Gasteiger charge is 2.61. The van der Waals surface area contributed by atoms with Gasteiger partial charge in [0.15, 0.2) is 0 Å². The van der Waals surface area contributed by atoms with Crippen molar-refractivity contribution in [3.8, 4) is 0 Å². The zero-order valence-corrected chi connectivity index (χ0v) is 19.2. The molecule has 164 valence electrons. The number of fused-ring (bicyclic) bond motifs is 5. The lowest BCUT2D eigenvalue weighted by Crippen LogP contribution is -2.56. The van der Waals surface area contributed by atoms with E-state index >= 15 is 0 Å². The molecule has 5 rings (SSSR count). The van der Waals surface area contributed by atoms with Crippen molar-refractivity contribution in [3.05, 3.63) is 0 Å². The molecule has 0 bridgehead atoms. The van der Waals surface area contributed by atoms with Crippen LogP contribution in [-0.4, -0.2) is 30.7 Å². The molecule has 0 aromatic carbocycles. The van der Waals surface area contributed by atoms with Crippen LogP contribution in [0.2, 0.25) is 0 Å². The van der Waals surface area contributed by atoms with E-state index in [9.17, 15) is 4.79 Å². The lowest BCUT2D eigenvalue weighted by molar-refractivity contribution is -0.141. The second-order valence-electron chi connectivity index (χ2n) is 11.2. The van der Waals surface area contributed by atoms with E-state index in [0.29, 0.717) is 17.1 Å². The normalized spacial score (nSPS) is 50.4. The molecule has 5 heteroatoms. The van der Waals surface area contributed by atoms with Crippen molar-refractivity contribution in [2.45, 2.75) is 84.7 Å². The van der Waals surface area contributed by atoms with Gasteiger partial charge in [0.25, 0.3) is 0 Å². The molecule has 0 amide bonds. The summed E-state index contributed by atoms with van der Waals surface area (Å²) in [6.45, 7) is 9.36. The highest BCUT2D eigenvalue weighted by molar-refractivity contribution is 5.87. The number of carbonyl (C=O) groups excluding carboxylic acids is 1. The fourth-order valence-electron chi connectivity index (χ4n) is 8.25. The number of nitrogens with one attached hydrogen (secondary N) is 1. The minimum Gasteiger partial charge on any atom is -0.391 e. The molecule has 0 spiro atoms. The molecule has 4 aliphatic carbocycles. The van der Waals surface area contributed by atoms with Crippen molar-refractivity contribution >= 4 is 23.9 Å². The summed E-state index contributed by atoms with van der Waals surface area (Å²) in [4.78, 5) is 18.5. The largest absolute Gasteiger partial charge is 0.391 e. The molecular formula is C24H39ClN2O2.